The van der Waals surface area contributed by atoms with Crippen molar-refractivity contribution in [3.63, 3.8) is 0 Å². The Kier molecular flexibility index (Phi) is 41.7. The molecule has 0 aromatic rings. The molecule has 0 aromatic heterocycles. The third-order valence-corrected chi connectivity index (χ3v) is 12.8. The van der Waals surface area contributed by atoms with E-state index in [4.69, 9.17) is 0 Å². The summed E-state index contributed by atoms with van der Waals surface area (Å²) >= 11 is 0. The number of amides is 2. The van der Waals surface area contributed by atoms with Gasteiger partial charge in [0.05, 0.1) is 37.3 Å². The topological polar surface area (TPSA) is 173 Å². The van der Waals surface area contributed by atoms with E-state index < -0.39 is 24.2 Å². The van der Waals surface area contributed by atoms with Gasteiger partial charge in [0.2, 0.25) is 11.8 Å². The number of aliphatic hydroxyl groups is 4. The van der Waals surface area contributed by atoms with Crippen molar-refractivity contribution in [3.8, 4) is 0 Å². The number of Topliss-reactive ketones (excluding diaryl/α,β-unsaturated/α-hetero) is 2. The number of hydrogen-bond acceptors (Lipinski definition) is 8. The van der Waals surface area contributed by atoms with E-state index in [1.165, 1.54) is 57.8 Å². The Morgan fingerprint density at radius 2 is 0.758 bits per heavy atom. The van der Waals surface area contributed by atoms with Crippen molar-refractivity contribution in [2.75, 3.05) is 6.54 Å². The van der Waals surface area contributed by atoms with Crippen molar-refractivity contribution in [1.82, 2.24) is 10.6 Å². The fourth-order valence-electron chi connectivity index (χ4n) is 8.35. The lowest BCUT2D eigenvalue weighted by Gasteiger charge is -2.29. The Balaban J connectivity index is 4.95. The monoisotopic (exact) mass is 881 g/mol. The summed E-state index contributed by atoms with van der Waals surface area (Å²) in [4.78, 5) is 52.3. The second kappa shape index (κ2) is 43.0. The third kappa shape index (κ3) is 38.6. The van der Waals surface area contributed by atoms with Gasteiger partial charge in [-0.25, -0.2) is 0 Å². The number of carbonyl (C=O) groups excluding carboxylic acids is 4. The minimum atomic E-state index is -0.788. The quantitative estimate of drug-likeness (QED) is 0.0328. The van der Waals surface area contributed by atoms with Crippen LogP contribution in [-0.4, -0.2) is 80.8 Å². The molecule has 0 radical (unpaired) electrons. The smallest absolute Gasteiger partial charge is 0.222 e. The maximum absolute atomic E-state index is 13.4. The van der Waals surface area contributed by atoms with Crippen molar-refractivity contribution in [3.05, 3.63) is 0 Å². The molecule has 0 aliphatic carbocycles. The van der Waals surface area contributed by atoms with E-state index in [1.807, 2.05) is 13.8 Å². The van der Waals surface area contributed by atoms with Gasteiger partial charge in [0.25, 0.3) is 0 Å². The van der Waals surface area contributed by atoms with Crippen molar-refractivity contribution in [2.24, 2.45) is 5.92 Å². The zero-order valence-corrected chi connectivity index (χ0v) is 40.8. The molecule has 0 bridgehead atoms. The van der Waals surface area contributed by atoms with Crippen molar-refractivity contribution in [1.29, 1.82) is 0 Å². The number of hydrogen-bond donors (Lipinski definition) is 6. The van der Waals surface area contributed by atoms with Crippen LogP contribution in [0, 0.1) is 5.92 Å². The standard InChI is InChI=1S/C52H100N2O8/c1-5-9-11-25-31-46(57)33-27-21-17-13-14-19-23-29-35-48(59)37-38-50(54-52(62)41-45(56)8-4)43(42-53-51(61)40-44(55)7-3)39-49(60)36-30-24-20-16-15-18-22-28-34-47(58)32-26-12-10-6-2/h43-47,50,55-58H,5-42H2,1-4H3,(H,53,61)(H,54,62). The first-order chi connectivity index (χ1) is 29.9. The zero-order valence-electron chi connectivity index (χ0n) is 40.8. The molecule has 0 aliphatic heterocycles. The van der Waals surface area contributed by atoms with Crippen LogP contribution in [0.15, 0.2) is 0 Å². The molecule has 62 heavy (non-hydrogen) atoms. The second-order valence-corrected chi connectivity index (χ2v) is 18.8. The van der Waals surface area contributed by atoms with Crippen LogP contribution in [0.25, 0.3) is 0 Å². The minimum absolute atomic E-state index is 0.0418. The SMILES string of the molecule is CCCCCCC(O)CCCCCCCCCCC(=O)CCC(NC(=O)CC(O)CC)C(CNC(=O)CC(O)CC)CC(=O)CCCCCCCCCCC(O)CCCCCC. The molecule has 0 aromatic carbocycles. The summed E-state index contributed by atoms with van der Waals surface area (Å²) in [6.07, 6.45) is 31.0. The number of ketones is 2. The van der Waals surface area contributed by atoms with Crippen LogP contribution >= 0.6 is 0 Å². The van der Waals surface area contributed by atoms with E-state index >= 15 is 0 Å². The van der Waals surface area contributed by atoms with Crippen LogP contribution in [0.1, 0.15) is 265 Å². The summed E-state index contributed by atoms with van der Waals surface area (Å²) in [5, 5.41) is 46.6. The normalized spacial score (nSPS) is 14.5. The molecule has 6 atom stereocenters. The molecule has 366 valence electrons. The molecule has 0 rings (SSSR count). The van der Waals surface area contributed by atoms with Crippen LogP contribution in [0.2, 0.25) is 0 Å². The first kappa shape index (κ1) is 60.1. The maximum Gasteiger partial charge on any atom is 0.222 e. The minimum Gasteiger partial charge on any atom is -0.393 e. The van der Waals surface area contributed by atoms with E-state index in [0.29, 0.717) is 32.1 Å². The summed E-state index contributed by atoms with van der Waals surface area (Å²) in [6.45, 7) is 8.17. The lowest BCUT2D eigenvalue weighted by Crippen LogP contribution is -2.46. The number of rotatable bonds is 47. The lowest BCUT2D eigenvalue weighted by atomic mass is 9.88. The lowest BCUT2D eigenvalue weighted by molar-refractivity contribution is -0.126. The van der Waals surface area contributed by atoms with Crippen LogP contribution in [-0.2, 0) is 19.2 Å². The summed E-state index contributed by atoms with van der Waals surface area (Å²) < 4.78 is 0. The van der Waals surface area contributed by atoms with Gasteiger partial charge in [-0.1, -0.05) is 169 Å². The fraction of sp³-hybridized carbons (Fsp3) is 0.923. The molecule has 0 aliphatic rings. The zero-order chi connectivity index (χ0) is 46.1. The van der Waals surface area contributed by atoms with Gasteiger partial charge in [-0.2, -0.15) is 0 Å². The number of carbonyl (C=O) groups is 4. The van der Waals surface area contributed by atoms with Crippen LogP contribution in [0.3, 0.4) is 0 Å². The van der Waals surface area contributed by atoms with Gasteiger partial charge < -0.3 is 31.1 Å². The van der Waals surface area contributed by atoms with Crippen molar-refractivity contribution >= 4 is 23.4 Å². The fourth-order valence-corrected chi connectivity index (χ4v) is 8.35. The van der Waals surface area contributed by atoms with E-state index in [1.54, 1.807) is 0 Å². The van der Waals surface area contributed by atoms with Crippen molar-refractivity contribution in [2.45, 2.75) is 296 Å². The molecular weight excluding hydrogens is 781 g/mol. The molecule has 0 saturated carbocycles. The summed E-state index contributed by atoms with van der Waals surface area (Å²) in [6, 6.07) is -0.528. The maximum atomic E-state index is 13.4. The highest BCUT2D eigenvalue weighted by Crippen LogP contribution is 2.21. The number of nitrogens with one attached hydrogen (secondary N) is 2. The second-order valence-electron chi connectivity index (χ2n) is 18.8. The molecule has 2 amide bonds. The molecule has 0 spiro atoms. The van der Waals surface area contributed by atoms with E-state index in [-0.39, 0.29) is 67.8 Å². The van der Waals surface area contributed by atoms with E-state index in [9.17, 15) is 39.6 Å². The Hall–Kier alpha value is -1.88. The summed E-state index contributed by atoms with van der Waals surface area (Å²) in [7, 11) is 0. The molecule has 10 nitrogen and oxygen atoms in total. The average molecular weight is 881 g/mol. The van der Waals surface area contributed by atoms with Gasteiger partial charge in [0, 0.05) is 44.2 Å². The van der Waals surface area contributed by atoms with Crippen molar-refractivity contribution < 1.29 is 39.6 Å². The Morgan fingerprint density at radius 3 is 1.18 bits per heavy atom. The Bertz CT molecular complexity index is 1070. The van der Waals surface area contributed by atoms with Gasteiger partial charge in [-0.05, 0) is 57.8 Å². The van der Waals surface area contributed by atoms with E-state index in [0.717, 1.165) is 122 Å². The third-order valence-electron chi connectivity index (χ3n) is 12.8. The van der Waals surface area contributed by atoms with Gasteiger partial charge in [0.1, 0.15) is 11.6 Å². The Labute approximate surface area is 380 Å². The van der Waals surface area contributed by atoms with Crippen LogP contribution < -0.4 is 10.6 Å². The largest absolute Gasteiger partial charge is 0.393 e. The Morgan fingerprint density at radius 1 is 0.387 bits per heavy atom. The van der Waals surface area contributed by atoms with Gasteiger partial charge in [-0.3, -0.25) is 19.2 Å². The van der Waals surface area contributed by atoms with E-state index in [2.05, 4.69) is 24.5 Å². The molecule has 0 heterocycles. The highest BCUT2D eigenvalue weighted by Gasteiger charge is 2.28. The van der Waals surface area contributed by atoms with Gasteiger partial charge >= 0.3 is 0 Å². The first-order valence-corrected chi connectivity index (χ1v) is 26.3. The average Bonchev–Trinajstić information content (AvgIpc) is 3.25. The molecular formula is C52H100N2O8. The highest BCUT2D eigenvalue weighted by atomic mass is 16.3. The van der Waals surface area contributed by atoms with Crippen LogP contribution in [0.4, 0.5) is 0 Å². The van der Waals surface area contributed by atoms with Gasteiger partial charge in [-0.15, -0.1) is 0 Å². The molecule has 0 saturated heterocycles. The first-order valence-electron chi connectivity index (χ1n) is 26.3. The predicted molar refractivity (Wildman–Crippen MR) is 256 cm³/mol. The molecule has 0 fully saturated rings. The number of unbranched alkanes of at least 4 members (excludes halogenated alkanes) is 20. The van der Waals surface area contributed by atoms with Crippen LogP contribution in [0.5, 0.6) is 0 Å². The van der Waals surface area contributed by atoms with Gasteiger partial charge in [0.15, 0.2) is 0 Å². The molecule has 6 unspecified atom stereocenters. The highest BCUT2D eigenvalue weighted by molar-refractivity contribution is 5.81. The molecule has 10 heteroatoms. The number of aliphatic hydroxyl groups excluding tert-OH is 4. The predicted octanol–water partition coefficient (Wildman–Crippen LogP) is 11.3. The summed E-state index contributed by atoms with van der Waals surface area (Å²) in [5.74, 6) is -0.879. The summed E-state index contributed by atoms with van der Waals surface area (Å²) in [5.41, 5.74) is 0. The molecule has 6 N–H and O–H groups in total.